The number of methoxy groups -OCH3 is 1. The second-order valence-electron chi connectivity index (χ2n) is 4.71. The average Bonchev–Trinajstić information content (AvgIpc) is 2.38. The molecule has 0 atom stereocenters. The van der Waals surface area contributed by atoms with Crippen LogP contribution in [0.25, 0.3) is 0 Å². The number of ether oxygens (including phenoxy) is 1. The van der Waals surface area contributed by atoms with E-state index >= 15 is 0 Å². The molecule has 0 bridgehead atoms. The van der Waals surface area contributed by atoms with Crippen molar-refractivity contribution in [2.24, 2.45) is 5.92 Å². The molecule has 1 saturated carbocycles. The summed E-state index contributed by atoms with van der Waals surface area (Å²) in [6.07, 6.45) is 1.33. The Morgan fingerprint density at radius 2 is 1.95 bits per heavy atom. The largest absolute Gasteiger partial charge is 0.497 e. The molecule has 1 aliphatic carbocycles. The van der Waals surface area contributed by atoms with E-state index in [1.54, 1.807) is 31.4 Å². The van der Waals surface area contributed by atoms with Crippen LogP contribution in [0.15, 0.2) is 24.3 Å². The minimum atomic E-state index is -1.04. The molecule has 0 aromatic heterocycles. The molecule has 0 amide bonds. The van der Waals surface area contributed by atoms with Crippen LogP contribution in [-0.4, -0.2) is 24.5 Å². The van der Waals surface area contributed by atoms with Crippen LogP contribution >= 0.6 is 0 Å². The number of benzene rings is 1. The monoisotopic (exact) mass is 260 g/mol. The smallest absolute Gasteiger partial charge is 0.155 e. The standard InChI is InChI=1S/C15H16O4/c1-19-11-5-2-4-10(8-11)9-14(18)15-12(16)6-3-7-13(15)17/h2,4-5,8,15H,3,6-7,9H2,1H3. The first-order valence-electron chi connectivity index (χ1n) is 6.33. The van der Waals surface area contributed by atoms with Crippen LogP contribution in [0.4, 0.5) is 0 Å². The molecule has 4 nitrogen and oxygen atoms in total. The molecule has 0 spiro atoms. The first kappa shape index (κ1) is 13.5. The van der Waals surface area contributed by atoms with Gasteiger partial charge >= 0.3 is 0 Å². The zero-order valence-corrected chi connectivity index (χ0v) is 10.8. The molecule has 0 heterocycles. The summed E-state index contributed by atoms with van der Waals surface area (Å²) in [5.41, 5.74) is 0.760. The van der Waals surface area contributed by atoms with Gasteiger partial charge in [-0.15, -0.1) is 0 Å². The van der Waals surface area contributed by atoms with Crippen molar-refractivity contribution in [2.75, 3.05) is 7.11 Å². The first-order chi connectivity index (χ1) is 9.11. The van der Waals surface area contributed by atoms with Crippen LogP contribution in [0, 0.1) is 5.92 Å². The molecule has 1 fully saturated rings. The van der Waals surface area contributed by atoms with E-state index in [9.17, 15) is 14.4 Å². The van der Waals surface area contributed by atoms with Gasteiger partial charge in [0.2, 0.25) is 0 Å². The number of hydrogen-bond donors (Lipinski definition) is 0. The van der Waals surface area contributed by atoms with Gasteiger partial charge in [0.05, 0.1) is 7.11 Å². The first-order valence-corrected chi connectivity index (χ1v) is 6.33. The van der Waals surface area contributed by atoms with Crippen LogP contribution in [0.5, 0.6) is 5.75 Å². The average molecular weight is 260 g/mol. The van der Waals surface area contributed by atoms with E-state index in [4.69, 9.17) is 4.74 Å². The Balaban J connectivity index is 2.11. The molecule has 0 N–H and O–H groups in total. The lowest BCUT2D eigenvalue weighted by atomic mass is 9.82. The summed E-state index contributed by atoms with van der Waals surface area (Å²) in [6.45, 7) is 0. The van der Waals surface area contributed by atoms with Crippen LogP contribution in [0.2, 0.25) is 0 Å². The molecule has 100 valence electrons. The molecule has 0 saturated heterocycles. The maximum absolute atomic E-state index is 12.1. The number of ketones is 3. The van der Waals surface area contributed by atoms with Gasteiger partial charge in [-0.2, -0.15) is 0 Å². The molecular weight excluding hydrogens is 244 g/mol. The Hall–Kier alpha value is -1.97. The highest BCUT2D eigenvalue weighted by Crippen LogP contribution is 2.21. The highest BCUT2D eigenvalue weighted by molar-refractivity contribution is 6.20. The molecule has 2 rings (SSSR count). The van der Waals surface area contributed by atoms with Crippen molar-refractivity contribution in [2.45, 2.75) is 25.7 Å². The van der Waals surface area contributed by atoms with E-state index in [0.717, 1.165) is 5.56 Å². The van der Waals surface area contributed by atoms with Gasteiger partial charge in [0.1, 0.15) is 11.7 Å². The van der Waals surface area contributed by atoms with Crippen molar-refractivity contribution in [3.05, 3.63) is 29.8 Å². The quantitative estimate of drug-likeness (QED) is 0.774. The van der Waals surface area contributed by atoms with Crippen molar-refractivity contribution in [3.8, 4) is 5.75 Å². The summed E-state index contributed by atoms with van der Waals surface area (Å²) in [4.78, 5) is 35.5. The summed E-state index contributed by atoms with van der Waals surface area (Å²) >= 11 is 0. The molecule has 0 unspecified atom stereocenters. The maximum Gasteiger partial charge on any atom is 0.155 e. The van der Waals surface area contributed by atoms with Gasteiger partial charge in [-0.25, -0.2) is 0 Å². The van der Waals surface area contributed by atoms with Crippen LogP contribution < -0.4 is 4.74 Å². The minimum Gasteiger partial charge on any atom is -0.497 e. The number of carbonyl (C=O) groups excluding carboxylic acids is 3. The van der Waals surface area contributed by atoms with Gasteiger partial charge in [0, 0.05) is 19.3 Å². The van der Waals surface area contributed by atoms with Crippen molar-refractivity contribution in [1.82, 2.24) is 0 Å². The van der Waals surface area contributed by atoms with Gasteiger partial charge in [0.15, 0.2) is 17.3 Å². The van der Waals surface area contributed by atoms with Crippen molar-refractivity contribution in [3.63, 3.8) is 0 Å². The Bertz CT molecular complexity index is 503. The Labute approximate surface area is 111 Å². The molecule has 1 aromatic carbocycles. The number of hydrogen-bond acceptors (Lipinski definition) is 4. The van der Waals surface area contributed by atoms with E-state index in [0.29, 0.717) is 25.0 Å². The highest BCUT2D eigenvalue weighted by Gasteiger charge is 2.35. The highest BCUT2D eigenvalue weighted by atomic mass is 16.5. The zero-order chi connectivity index (χ0) is 13.8. The molecule has 1 aliphatic rings. The lowest BCUT2D eigenvalue weighted by Crippen LogP contribution is -2.36. The fraction of sp³-hybridized carbons (Fsp3) is 0.400. The fourth-order valence-corrected chi connectivity index (χ4v) is 2.35. The van der Waals surface area contributed by atoms with Crippen molar-refractivity contribution >= 4 is 17.3 Å². The predicted molar refractivity (Wildman–Crippen MR) is 69.1 cm³/mol. The third kappa shape index (κ3) is 3.08. The van der Waals surface area contributed by atoms with Crippen LogP contribution in [-0.2, 0) is 20.8 Å². The third-order valence-corrected chi connectivity index (χ3v) is 3.32. The molecule has 19 heavy (non-hydrogen) atoms. The predicted octanol–water partition coefficient (Wildman–Crippen LogP) is 1.75. The Morgan fingerprint density at radius 1 is 1.26 bits per heavy atom. The number of Topliss-reactive ketones (excluding diaryl/α,β-unsaturated/α-hetero) is 3. The van der Waals surface area contributed by atoms with Gasteiger partial charge in [0.25, 0.3) is 0 Å². The summed E-state index contributed by atoms with van der Waals surface area (Å²) in [5, 5.41) is 0. The van der Waals surface area contributed by atoms with Crippen LogP contribution in [0.1, 0.15) is 24.8 Å². The summed E-state index contributed by atoms with van der Waals surface area (Å²) in [6, 6.07) is 7.10. The summed E-state index contributed by atoms with van der Waals surface area (Å²) in [7, 11) is 1.55. The number of rotatable bonds is 4. The third-order valence-electron chi connectivity index (χ3n) is 3.32. The van der Waals surface area contributed by atoms with Crippen molar-refractivity contribution in [1.29, 1.82) is 0 Å². The molecular formula is C15H16O4. The lowest BCUT2D eigenvalue weighted by molar-refractivity contribution is -0.141. The lowest BCUT2D eigenvalue weighted by Gasteiger charge is -2.18. The van der Waals surface area contributed by atoms with Gasteiger partial charge in [-0.1, -0.05) is 12.1 Å². The normalized spacial score (nSPS) is 16.5. The minimum absolute atomic E-state index is 0.0966. The summed E-state index contributed by atoms with van der Waals surface area (Å²) < 4.78 is 5.08. The Morgan fingerprint density at radius 3 is 2.58 bits per heavy atom. The molecule has 1 aromatic rings. The van der Waals surface area contributed by atoms with Crippen molar-refractivity contribution < 1.29 is 19.1 Å². The topological polar surface area (TPSA) is 60.4 Å². The van der Waals surface area contributed by atoms with E-state index in [1.807, 2.05) is 0 Å². The van der Waals surface area contributed by atoms with Gasteiger partial charge in [-0.05, 0) is 24.1 Å². The van der Waals surface area contributed by atoms with E-state index < -0.39 is 5.92 Å². The number of carbonyl (C=O) groups is 3. The van der Waals surface area contributed by atoms with E-state index in [1.165, 1.54) is 0 Å². The fourth-order valence-electron chi connectivity index (χ4n) is 2.35. The van der Waals surface area contributed by atoms with Crippen LogP contribution in [0.3, 0.4) is 0 Å². The second kappa shape index (κ2) is 5.78. The van der Waals surface area contributed by atoms with Gasteiger partial charge in [-0.3, -0.25) is 14.4 Å². The molecule has 4 heteroatoms. The Kier molecular flexibility index (Phi) is 4.10. The van der Waals surface area contributed by atoms with Gasteiger partial charge < -0.3 is 4.74 Å². The molecule has 0 radical (unpaired) electrons. The zero-order valence-electron chi connectivity index (χ0n) is 10.8. The summed E-state index contributed by atoms with van der Waals surface area (Å²) in [5.74, 6) is -1.15. The van der Waals surface area contributed by atoms with E-state index in [2.05, 4.69) is 0 Å². The maximum atomic E-state index is 12.1. The second-order valence-corrected chi connectivity index (χ2v) is 4.71. The van der Waals surface area contributed by atoms with E-state index in [-0.39, 0.29) is 23.8 Å². The molecule has 0 aliphatic heterocycles. The SMILES string of the molecule is COc1cccc(CC(=O)C2C(=O)CCCC2=O)c1.